The first-order chi connectivity index (χ1) is 20.0. The smallest absolute Gasteiger partial charge is 0.242 e. The molecule has 41 heavy (non-hydrogen) atoms. The van der Waals surface area contributed by atoms with Gasteiger partial charge in [-0.05, 0) is 54.5 Å². The van der Waals surface area contributed by atoms with Gasteiger partial charge in [0.25, 0.3) is 0 Å². The largest absolute Gasteiger partial charge is 0.379 e. The lowest BCUT2D eigenvalue weighted by molar-refractivity contribution is -0.118. The first-order valence-corrected chi connectivity index (χ1v) is 14.7. The quantitative estimate of drug-likeness (QED) is 0.289. The molecule has 2 atom stereocenters. The molecule has 8 nitrogen and oxygen atoms in total. The van der Waals surface area contributed by atoms with Crippen molar-refractivity contribution >= 4 is 11.7 Å². The lowest BCUT2D eigenvalue weighted by Crippen LogP contribution is -2.48. The van der Waals surface area contributed by atoms with Crippen molar-refractivity contribution < 1.29 is 18.3 Å². The molecule has 0 unspecified atom stereocenters. The summed E-state index contributed by atoms with van der Waals surface area (Å²) in [6, 6.07) is 10.00. The highest BCUT2D eigenvalue weighted by Gasteiger charge is 2.27. The fraction of sp³-hybridized carbons (Fsp3) is 0.484. The summed E-state index contributed by atoms with van der Waals surface area (Å²) in [5.74, 6) is -0.747. The maximum atomic E-state index is 14.4. The van der Waals surface area contributed by atoms with Crippen LogP contribution in [-0.4, -0.2) is 71.8 Å². The lowest BCUT2D eigenvalue weighted by atomic mass is 9.87. The summed E-state index contributed by atoms with van der Waals surface area (Å²) in [5, 5.41) is 9.94. The predicted octanol–water partition coefficient (Wildman–Crippen LogP) is 3.83. The Kier molecular flexibility index (Phi) is 10.1. The molecular formula is C31H40F2N6O2. The van der Waals surface area contributed by atoms with Gasteiger partial charge in [0.15, 0.2) is 5.82 Å². The molecule has 1 aliphatic heterocycles. The van der Waals surface area contributed by atoms with Crippen molar-refractivity contribution in [2.45, 2.75) is 57.7 Å². The number of hydrogen-bond acceptors (Lipinski definition) is 6. The lowest BCUT2D eigenvalue weighted by Gasteiger charge is -2.29. The highest BCUT2D eigenvalue weighted by atomic mass is 19.1. The molecule has 220 valence electrons. The third kappa shape index (κ3) is 7.77. The number of aryl methyl sites for hydroxylation is 1. The van der Waals surface area contributed by atoms with Crippen LogP contribution in [0, 0.1) is 11.6 Å². The average Bonchev–Trinajstić information content (AvgIpc) is 3.44. The van der Waals surface area contributed by atoms with Crippen LogP contribution in [0.15, 0.2) is 48.9 Å². The molecule has 1 aliphatic carbocycles. The molecule has 1 amide bonds. The Balaban J connectivity index is 1.17. The molecule has 1 aromatic heterocycles. The molecular weight excluding hydrogens is 526 g/mol. The predicted molar refractivity (Wildman–Crippen MR) is 155 cm³/mol. The van der Waals surface area contributed by atoms with E-state index in [1.54, 1.807) is 6.33 Å². The van der Waals surface area contributed by atoms with Gasteiger partial charge in [0.2, 0.25) is 5.91 Å². The van der Waals surface area contributed by atoms with E-state index in [9.17, 15) is 13.6 Å². The second kappa shape index (κ2) is 14.1. The Morgan fingerprint density at radius 1 is 1.20 bits per heavy atom. The number of nitrogens with one attached hydrogen (secondary N) is 3. The minimum absolute atomic E-state index is 0.0649. The highest BCUT2D eigenvalue weighted by Crippen LogP contribution is 2.26. The molecule has 3 aromatic rings. The summed E-state index contributed by atoms with van der Waals surface area (Å²) in [4.78, 5) is 20.1. The Bertz CT molecular complexity index is 1310. The van der Waals surface area contributed by atoms with E-state index in [0.29, 0.717) is 30.6 Å². The molecule has 0 bridgehead atoms. The van der Waals surface area contributed by atoms with E-state index in [1.165, 1.54) is 6.07 Å². The van der Waals surface area contributed by atoms with Crippen LogP contribution in [0.3, 0.4) is 0 Å². The topological polar surface area (TPSA) is 83.5 Å². The number of anilines is 1. The molecule has 3 N–H and O–H groups in total. The van der Waals surface area contributed by atoms with Crippen LogP contribution >= 0.6 is 0 Å². The maximum absolute atomic E-state index is 14.4. The SMILES string of the molecule is CCC[C@@H](N[C@H]1CCc2cc(F)cc(F)c2C1)C(=O)Nc1cn(-c2ccccc2CNCCN2CCOCC2)cn1. The highest BCUT2D eigenvalue weighted by molar-refractivity contribution is 5.94. The van der Waals surface area contributed by atoms with Gasteiger partial charge in [0.1, 0.15) is 18.0 Å². The van der Waals surface area contributed by atoms with Crippen LogP contribution in [0.25, 0.3) is 5.69 Å². The van der Waals surface area contributed by atoms with Gasteiger partial charge in [0.05, 0.1) is 31.1 Å². The Labute approximate surface area is 240 Å². The van der Waals surface area contributed by atoms with E-state index in [4.69, 9.17) is 4.74 Å². The summed E-state index contributed by atoms with van der Waals surface area (Å²) >= 11 is 0. The number of nitrogens with zero attached hydrogens (tertiary/aromatic N) is 3. The number of carbonyl (C=O) groups excluding carboxylic acids is 1. The number of imidazole rings is 1. The number of benzene rings is 2. The summed E-state index contributed by atoms with van der Waals surface area (Å²) < 4.78 is 35.4. The zero-order valence-corrected chi connectivity index (χ0v) is 23.7. The van der Waals surface area contributed by atoms with Gasteiger partial charge < -0.3 is 25.3 Å². The van der Waals surface area contributed by atoms with Crippen LogP contribution in [0.5, 0.6) is 0 Å². The van der Waals surface area contributed by atoms with Gasteiger partial charge in [-0.15, -0.1) is 0 Å². The zero-order chi connectivity index (χ0) is 28.6. The van der Waals surface area contributed by atoms with Crippen molar-refractivity contribution in [2.24, 2.45) is 0 Å². The summed E-state index contributed by atoms with van der Waals surface area (Å²) in [7, 11) is 0. The van der Waals surface area contributed by atoms with Crippen molar-refractivity contribution in [3.63, 3.8) is 0 Å². The number of fused-ring (bicyclic) bond motifs is 1. The van der Waals surface area contributed by atoms with Crippen LogP contribution in [0.1, 0.15) is 42.9 Å². The Morgan fingerprint density at radius 3 is 2.85 bits per heavy atom. The fourth-order valence-electron chi connectivity index (χ4n) is 5.72. The van der Waals surface area contributed by atoms with Crippen molar-refractivity contribution in [3.8, 4) is 5.69 Å². The van der Waals surface area contributed by atoms with Crippen LogP contribution in [0.4, 0.5) is 14.6 Å². The van der Waals surface area contributed by atoms with Crippen LogP contribution < -0.4 is 16.0 Å². The normalized spacial score (nSPS) is 18.2. The van der Waals surface area contributed by atoms with E-state index < -0.39 is 17.7 Å². The van der Waals surface area contributed by atoms with Gasteiger partial charge in [0, 0.05) is 44.8 Å². The van der Waals surface area contributed by atoms with Crippen molar-refractivity contribution in [1.29, 1.82) is 0 Å². The molecule has 0 spiro atoms. The summed E-state index contributed by atoms with van der Waals surface area (Å²) in [6.45, 7) is 8.18. The van der Waals surface area contributed by atoms with Gasteiger partial charge >= 0.3 is 0 Å². The van der Waals surface area contributed by atoms with Gasteiger partial charge in [-0.2, -0.15) is 0 Å². The van der Waals surface area contributed by atoms with E-state index >= 15 is 0 Å². The molecule has 2 aliphatic rings. The molecule has 0 saturated carbocycles. The molecule has 10 heteroatoms. The molecule has 5 rings (SSSR count). The summed E-state index contributed by atoms with van der Waals surface area (Å²) in [5.41, 5.74) is 3.40. The zero-order valence-electron chi connectivity index (χ0n) is 23.7. The minimum atomic E-state index is -0.544. The molecule has 2 heterocycles. The van der Waals surface area contributed by atoms with E-state index in [2.05, 4.69) is 31.9 Å². The van der Waals surface area contributed by atoms with E-state index in [1.807, 2.05) is 35.9 Å². The van der Waals surface area contributed by atoms with E-state index in [0.717, 1.165) is 81.7 Å². The molecule has 2 aromatic carbocycles. The number of rotatable bonds is 12. The average molecular weight is 567 g/mol. The first kappa shape index (κ1) is 29.3. The van der Waals surface area contributed by atoms with Crippen molar-refractivity contribution in [1.82, 2.24) is 25.1 Å². The number of para-hydroxylation sites is 1. The van der Waals surface area contributed by atoms with Gasteiger partial charge in [-0.25, -0.2) is 13.8 Å². The number of hydrogen-bond donors (Lipinski definition) is 3. The third-order valence-electron chi connectivity index (χ3n) is 7.92. The van der Waals surface area contributed by atoms with Crippen molar-refractivity contribution in [2.75, 3.05) is 44.7 Å². The molecule has 0 radical (unpaired) electrons. The van der Waals surface area contributed by atoms with Crippen LogP contribution in [0.2, 0.25) is 0 Å². The fourth-order valence-corrected chi connectivity index (χ4v) is 5.72. The number of morpholine rings is 1. The molecule has 1 fully saturated rings. The Morgan fingerprint density at radius 2 is 2.02 bits per heavy atom. The number of halogens is 2. The monoisotopic (exact) mass is 566 g/mol. The van der Waals surface area contributed by atoms with E-state index in [-0.39, 0.29) is 11.9 Å². The van der Waals surface area contributed by atoms with Crippen LogP contribution in [-0.2, 0) is 28.9 Å². The third-order valence-corrected chi connectivity index (χ3v) is 7.92. The first-order valence-electron chi connectivity index (χ1n) is 14.7. The standard InChI is InChI=1S/C31H40F2N6O2/c1-2-5-28(36-25-9-8-22-16-24(32)17-27(33)26(22)18-25)31(40)37-30-20-39(21-35-30)29-7-4-3-6-23(29)19-34-10-11-38-12-14-41-15-13-38/h3-4,6-7,16-17,20-21,25,28,34,36H,2,5,8-15,18-19H2,1H3,(H,37,40)/t25-,28+/m0/s1. The minimum Gasteiger partial charge on any atom is -0.379 e. The molecule has 1 saturated heterocycles. The second-order valence-corrected chi connectivity index (χ2v) is 10.9. The second-order valence-electron chi connectivity index (χ2n) is 10.9. The van der Waals surface area contributed by atoms with Gasteiger partial charge in [-0.1, -0.05) is 31.5 Å². The number of ether oxygens (including phenoxy) is 1. The number of amides is 1. The van der Waals surface area contributed by atoms with Crippen molar-refractivity contribution in [3.05, 3.63) is 77.2 Å². The maximum Gasteiger partial charge on any atom is 0.242 e. The Hall–Kier alpha value is -3.18. The van der Waals surface area contributed by atoms with Gasteiger partial charge in [-0.3, -0.25) is 9.69 Å². The summed E-state index contributed by atoms with van der Waals surface area (Å²) in [6.07, 6.45) is 6.72. The number of aromatic nitrogens is 2. The number of carbonyl (C=O) groups is 1.